The summed E-state index contributed by atoms with van der Waals surface area (Å²) in [6, 6.07) is 69.2. The van der Waals surface area contributed by atoms with Crippen LogP contribution in [0.2, 0.25) is 19.6 Å². The molecule has 0 aliphatic heterocycles. The Balaban J connectivity index is 1.01. The fraction of sp³-hybridized carbons (Fsp3) is 0.0938. The SMILES string of the molecule is Cc1cccc(N(c2ccc3cc4c5ccc(N(c6cccc(C)c6)c6cccc7c6oc6c(C)cccc67)c6c7ccccc7n(c4cc3c2)c56)c2cccc3c2oc2c([Si](C)(C)C)cccc23)c1. The molecule has 0 fully saturated rings. The maximum atomic E-state index is 7.05. The number of nitrogens with zero attached hydrogens (tertiary/aromatic N) is 3. The van der Waals surface area contributed by atoms with E-state index in [2.05, 4.69) is 243 Å². The summed E-state index contributed by atoms with van der Waals surface area (Å²) in [5, 5.41) is 13.1. The second-order valence-electron chi connectivity index (χ2n) is 20.4. The van der Waals surface area contributed by atoms with Crippen LogP contribution in [0.4, 0.5) is 34.1 Å². The molecule has 336 valence electrons. The Morgan fingerprint density at radius 3 is 1.69 bits per heavy atom. The standard InChI is InChI=1S/C64H49N3O2Si/c1-38-15-9-18-43(33-38)65(55-26-12-23-49-50-24-14-28-58(70(4,5)6)64(50)69-62(49)55)45-30-29-41-36-52-46-31-32-54(59-51-20-7-8-25-53(51)67(60(46)59)57(52)37-42(41)35-45)66(44-19-10-16-39(2)34-44)56-27-13-22-48-47-21-11-17-40(3)61(47)68-63(48)56/h7-37H,1-6H3. The Kier molecular flexibility index (Phi) is 8.63. The molecular weight excluding hydrogens is 871 g/mol. The first kappa shape index (κ1) is 40.7. The van der Waals surface area contributed by atoms with E-state index < -0.39 is 8.07 Å². The molecule has 0 saturated carbocycles. The molecule has 0 N–H and O–H groups in total. The van der Waals surface area contributed by atoms with Crippen molar-refractivity contribution >= 4 is 140 Å². The number of aryl methyl sites for hydroxylation is 3. The largest absolute Gasteiger partial charge is 0.454 e. The maximum Gasteiger partial charge on any atom is 0.159 e. The first-order chi connectivity index (χ1) is 34.1. The molecule has 0 aliphatic carbocycles. The molecule has 70 heavy (non-hydrogen) atoms. The van der Waals surface area contributed by atoms with Crippen LogP contribution in [0, 0.1) is 20.8 Å². The molecule has 14 aromatic rings. The number of fused-ring (bicyclic) bond motifs is 13. The normalized spacial score (nSPS) is 12.4. The molecule has 0 saturated heterocycles. The molecule has 0 amide bonds. The molecule has 14 rings (SSSR count). The first-order valence-electron chi connectivity index (χ1n) is 24.3. The van der Waals surface area contributed by atoms with Gasteiger partial charge in [-0.25, -0.2) is 0 Å². The highest BCUT2D eigenvalue weighted by atomic mass is 28.3. The van der Waals surface area contributed by atoms with Crippen molar-refractivity contribution in [2.24, 2.45) is 0 Å². The molecule has 0 aliphatic rings. The Hall–Kier alpha value is -8.32. The van der Waals surface area contributed by atoms with Crippen molar-refractivity contribution in [2.75, 3.05) is 9.80 Å². The predicted octanol–water partition coefficient (Wildman–Crippen LogP) is 18.2. The summed E-state index contributed by atoms with van der Waals surface area (Å²) in [6.45, 7) is 13.6. The summed E-state index contributed by atoms with van der Waals surface area (Å²) >= 11 is 0. The smallest absolute Gasteiger partial charge is 0.159 e. The third-order valence-electron chi connectivity index (χ3n) is 14.8. The summed E-state index contributed by atoms with van der Waals surface area (Å²) in [4.78, 5) is 4.80. The summed E-state index contributed by atoms with van der Waals surface area (Å²) in [7, 11) is -1.71. The van der Waals surface area contributed by atoms with Crippen LogP contribution in [0.1, 0.15) is 16.7 Å². The second kappa shape index (κ2) is 14.8. The molecule has 5 nitrogen and oxygen atoms in total. The second-order valence-corrected chi connectivity index (χ2v) is 25.4. The Labute approximate surface area is 406 Å². The minimum absolute atomic E-state index is 0.877. The van der Waals surface area contributed by atoms with Gasteiger partial charge in [0.2, 0.25) is 0 Å². The summed E-state index contributed by atoms with van der Waals surface area (Å²) < 4.78 is 16.5. The topological polar surface area (TPSA) is 37.2 Å². The van der Waals surface area contributed by atoms with Crippen LogP contribution in [-0.2, 0) is 0 Å². The van der Waals surface area contributed by atoms with Crippen LogP contribution >= 0.6 is 0 Å². The molecule has 0 atom stereocenters. The van der Waals surface area contributed by atoms with E-state index in [1.54, 1.807) is 0 Å². The van der Waals surface area contributed by atoms with Gasteiger partial charge in [0, 0.05) is 60.2 Å². The minimum Gasteiger partial charge on any atom is -0.454 e. The first-order valence-corrected chi connectivity index (χ1v) is 27.8. The van der Waals surface area contributed by atoms with Gasteiger partial charge in [-0.2, -0.15) is 0 Å². The van der Waals surface area contributed by atoms with E-state index in [4.69, 9.17) is 8.83 Å². The third kappa shape index (κ3) is 5.90. The Morgan fingerprint density at radius 1 is 0.386 bits per heavy atom. The van der Waals surface area contributed by atoms with Crippen molar-refractivity contribution in [3.05, 3.63) is 205 Å². The maximum absolute atomic E-state index is 7.05. The fourth-order valence-corrected chi connectivity index (χ4v) is 13.1. The van der Waals surface area contributed by atoms with Crippen LogP contribution in [0.25, 0.3) is 92.7 Å². The van der Waals surface area contributed by atoms with E-state index in [-0.39, 0.29) is 0 Å². The van der Waals surface area contributed by atoms with Gasteiger partial charge in [0.15, 0.2) is 11.2 Å². The lowest BCUT2D eigenvalue weighted by Gasteiger charge is -2.27. The van der Waals surface area contributed by atoms with Crippen molar-refractivity contribution in [3.8, 4) is 0 Å². The molecule has 4 heterocycles. The van der Waals surface area contributed by atoms with Crippen molar-refractivity contribution in [1.82, 2.24) is 4.40 Å². The zero-order valence-corrected chi connectivity index (χ0v) is 41.1. The van der Waals surface area contributed by atoms with Crippen molar-refractivity contribution in [2.45, 2.75) is 40.4 Å². The number of para-hydroxylation sites is 5. The van der Waals surface area contributed by atoms with Crippen molar-refractivity contribution < 1.29 is 8.83 Å². The van der Waals surface area contributed by atoms with E-state index in [0.29, 0.717) is 0 Å². The zero-order chi connectivity index (χ0) is 47.2. The van der Waals surface area contributed by atoms with E-state index >= 15 is 0 Å². The van der Waals surface area contributed by atoms with Gasteiger partial charge in [-0.3, -0.25) is 0 Å². The molecular formula is C64H49N3O2Si. The lowest BCUT2D eigenvalue weighted by molar-refractivity contribution is 0.666. The van der Waals surface area contributed by atoms with Crippen LogP contribution in [0.15, 0.2) is 197 Å². The van der Waals surface area contributed by atoms with E-state index in [1.807, 2.05) is 0 Å². The summed E-state index contributed by atoms with van der Waals surface area (Å²) in [5.41, 5.74) is 17.2. The molecule has 4 aromatic heterocycles. The molecule has 6 heteroatoms. The number of hydrogen-bond acceptors (Lipinski definition) is 4. The van der Waals surface area contributed by atoms with Gasteiger partial charge in [0.05, 0.1) is 41.7 Å². The number of aromatic nitrogens is 1. The van der Waals surface area contributed by atoms with Gasteiger partial charge in [0.25, 0.3) is 0 Å². The van der Waals surface area contributed by atoms with Gasteiger partial charge in [-0.05, 0) is 126 Å². The average Bonchev–Trinajstić information content (AvgIpc) is 4.12. The fourth-order valence-electron chi connectivity index (χ4n) is 11.6. The van der Waals surface area contributed by atoms with Crippen LogP contribution in [0.5, 0.6) is 0 Å². The van der Waals surface area contributed by atoms with E-state index in [9.17, 15) is 0 Å². The van der Waals surface area contributed by atoms with Crippen LogP contribution < -0.4 is 15.0 Å². The number of rotatable bonds is 7. The molecule has 0 spiro atoms. The quantitative estimate of drug-likeness (QED) is 0.149. The van der Waals surface area contributed by atoms with Gasteiger partial charge in [-0.1, -0.05) is 135 Å². The molecule has 0 unspecified atom stereocenters. The van der Waals surface area contributed by atoms with Crippen LogP contribution in [-0.4, -0.2) is 12.5 Å². The predicted molar refractivity (Wildman–Crippen MR) is 300 cm³/mol. The minimum atomic E-state index is -1.71. The lowest BCUT2D eigenvalue weighted by atomic mass is 10.0. The van der Waals surface area contributed by atoms with Crippen molar-refractivity contribution in [3.63, 3.8) is 0 Å². The van der Waals surface area contributed by atoms with Gasteiger partial charge >= 0.3 is 0 Å². The molecule has 0 bridgehead atoms. The third-order valence-corrected chi connectivity index (χ3v) is 16.8. The average molecular weight is 920 g/mol. The Morgan fingerprint density at radius 2 is 0.971 bits per heavy atom. The zero-order valence-electron chi connectivity index (χ0n) is 40.1. The number of anilines is 6. The van der Waals surface area contributed by atoms with Gasteiger partial charge in [-0.15, -0.1) is 0 Å². The van der Waals surface area contributed by atoms with Gasteiger partial charge < -0.3 is 23.0 Å². The van der Waals surface area contributed by atoms with Crippen molar-refractivity contribution in [1.29, 1.82) is 0 Å². The van der Waals surface area contributed by atoms with Crippen LogP contribution in [0.3, 0.4) is 0 Å². The Bertz CT molecular complexity index is 4470. The van der Waals surface area contributed by atoms with E-state index in [1.165, 1.54) is 70.6 Å². The highest BCUT2D eigenvalue weighted by Gasteiger charge is 2.28. The number of benzene rings is 10. The molecule has 10 aromatic carbocycles. The lowest BCUT2D eigenvalue weighted by Crippen LogP contribution is -2.37. The summed E-state index contributed by atoms with van der Waals surface area (Å²) in [5.74, 6) is 0. The number of furan rings is 2. The molecule has 0 radical (unpaired) electrons. The monoisotopic (exact) mass is 919 g/mol. The number of hydrogen-bond donors (Lipinski definition) is 0. The van der Waals surface area contributed by atoms with E-state index in [0.717, 1.165) is 78.2 Å². The van der Waals surface area contributed by atoms with Gasteiger partial charge in [0.1, 0.15) is 11.2 Å². The highest BCUT2D eigenvalue weighted by molar-refractivity contribution is 6.90. The highest BCUT2D eigenvalue weighted by Crippen LogP contribution is 2.50. The summed E-state index contributed by atoms with van der Waals surface area (Å²) in [6.07, 6.45) is 0.